The summed E-state index contributed by atoms with van der Waals surface area (Å²) in [4.78, 5) is 13.6. The van der Waals surface area contributed by atoms with Crippen molar-refractivity contribution in [2.24, 2.45) is 0 Å². The van der Waals surface area contributed by atoms with Crippen LogP contribution in [-0.2, 0) is 17.8 Å². The lowest BCUT2D eigenvalue weighted by Crippen LogP contribution is -2.36. The third kappa shape index (κ3) is 5.79. The topological polar surface area (TPSA) is 32.3 Å². The second kappa shape index (κ2) is 8.39. The smallest absolute Gasteiger partial charge is 0.234 e. The summed E-state index contributed by atoms with van der Waals surface area (Å²) >= 11 is 0. The molecule has 2 aromatic carbocycles. The van der Waals surface area contributed by atoms with Crippen LogP contribution in [0.3, 0.4) is 0 Å². The molecule has 23 heavy (non-hydrogen) atoms. The lowest BCUT2D eigenvalue weighted by molar-refractivity contribution is -0.122. The quantitative estimate of drug-likeness (QED) is 0.851. The van der Waals surface area contributed by atoms with Gasteiger partial charge < -0.3 is 5.32 Å². The van der Waals surface area contributed by atoms with Gasteiger partial charge in [0.15, 0.2) is 0 Å². The van der Waals surface area contributed by atoms with Gasteiger partial charge in [-0.2, -0.15) is 0 Å². The molecular weight excluding hydrogens is 298 g/mol. The summed E-state index contributed by atoms with van der Waals surface area (Å²) in [5, 5.41) is 2.81. The van der Waals surface area contributed by atoms with Gasteiger partial charge in [-0.1, -0.05) is 30.3 Å². The number of hydrogen-bond acceptors (Lipinski definition) is 2. The summed E-state index contributed by atoms with van der Waals surface area (Å²) < 4.78 is 26.3. The number of nitrogens with one attached hydrogen (secondary N) is 1. The highest BCUT2D eigenvalue weighted by Crippen LogP contribution is 2.08. The van der Waals surface area contributed by atoms with Gasteiger partial charge in [0.05, 0.1) is 6.54 Å². The highest BCUT2D eigenvalue weighted by atomic mass is 19.1. The van der Waals surface area contributed by atoms with Gasteiger partial charge in [-0.05, 0) is 37.2 Å². The molecule has 2 rings (SSSR count). The Bertz CT molecular complexity index is 644. The Balaban J connectivity index is 1.72. The highest BCUT2D eigenvalue weighted by molar-refractivity contribution is 5.77. The molecule has 0 aliphatic heterocycles. The van der Waals surface area contributed by atoms with Crippen molar-refractivity contribution in [3.8, 4) is 0 Å². The maximum Gasteiger partial charge on any atom is 0.234 e. The molecule has 0 unspecified atom stereocenters. The molecule has 0 aliphatic carbocycles. The molecule has 0 saturated carbocycles. The van der Waals surface area contributed by atoms with E-state index in [4.69, 9.17) is 0 Å². The first-order chi connectivity index (χ1) is 11.0. The van der Waals surface area contributed by atoms with Crippen LogP contribution in [0.2, 0.25) is 0 Å². The second-order valence-electron chi connectivity index (χ2n) is 5.49. The van der Waals surface area contributed by atoms with Crippen molar-refractivity contribution in [1.82, 2.24) is 10.2 Å². The van der Waals surface area contributed by atoms with Gasteiger partial charge in [-0.25, -0.2) is 8.78 Å². The molecule has 0 spiro atoms. The fourth-order valence-corrected chi connectivity index (χ4v) is 2.27. The fourth-order valence-electron chi connectivity index (χ4n) is 2.27. The molecule has 0 aromatic heterocycles. The first kappa shape index (κ1) is 17.1. The van der Waals surface area contributed by atoms with Gasteiger partial charge >= 0.3 is 0 Å². The lowest BCUT2D eigenvalue weighted by atomic mass is 10.1. The molecule has 1 amide bonds. The minimum absolute atomic E-state index is 0.119. The van der Waals surface area contributed by atoms with E-state index in [9.17, 15) is 13.6 Å². The molecule has 0 bridgehead atoms. The Labute approximate surface area is 134 Å². The number of nitrogens with zero attached hydrogens (tertiary/aromatic N) is 1. The van der Waals surface area contributed by atoms with Gasteiger partial charge in [0.25, 0.3) is 0 Å². The van der Waals surface area contributed by atoms with Crippen molar-refractivity contribution in [2.45, 2.75) is 13.0 Å². The van der Waals surface area contributed by atoms with E-state index >= 15 is 0 Å². The summed E-state index contributed by atoms with van der Waals surface area (Å²) in [6.07, 6.45) is 0.642. The molecular formula is C18H20F2N2O. The lowest BCUT2D eigenvalue weighted by Gasteiger charge is -2.16. The summed E-state index contributed by atoms with van der Waals surface area (Å²) in [7, 11) is 1.77. The predicted octanol–water partition coefficient (Wildman–Crippen LogP) is 2.76. The number of hydrogen-bond donors (Lipinski definition) is 1. The Hall–Kier alpha value is -2.27. The van der Waals surface area contributed by atoms with Gasteiger partial charge in [0, 0.05) is 18.7 Å². The van der Waals surface area contributed by atoms with E-state index in [0.29, 0.717) is 25.1 Å². The third-order valence-electron chi connectivity index (χ3n) is 3.46. The van der Waals surface area contributed by atoms with Crippen molar-refractivity contribution >= 4 is 5.91 Å². The van der Waals surface area contributed by atoms with Crippen LogP contribution in [-0.4, -0.2) is 30.9 Å². The van der Waals surface area contributed by atoms with Crippen LogP contribution < -0.4 is 5.32 Å². The number of benzene rings is 2. The van der Waals surface area contributed by atoms with E-state index in [0.717, 1.165) is 5.56 Å². The van der Waals surface area contributed by atoms with E-state index in [1.54, 1.807) is 42.3 Å². The number of carbonyl (C=O) groups excluding carboxylic acids is 1. The van der Waals surface area contributed by atoms with Crippen molar-refractivity contribution in [1.29, 1.82) is 0 Å². The van der Waals surface area contributed by atoms with E-state index < -0.39 is 0 Å². The standard InChI is InChI=1S/C18H20F2N2O/c1-22(12-15-4-2-3-5-17(15)20)13-18(23)21-11-10-14-6-8-16(19)9-7-14/h2-9H,10-13H2,1H3,(H,21,23). The number of amides is 1. The fraction of sp³-hybridized carbons (Fsp3) is 0.278. The van der Waals surface area contributed by atoms with Gasteiger partial charge in [0.1, 0.15) is 11.6 Å². The van der Waals surface area contributed by atoms with Crippen LogP contribution in [0.15, 0.2) is 48.5 Å². The molecule has 0 fully saturated rings. The molecule has 5 heteroatoms. The molecule has 0 atom stereocenters. The van der Waals surface area contributed by atoms with Gasteiger partial charge in [-0.15, -0.1) is 0 Å². The van der Waals surface area contributed by atoms with Crippen LogP contribution >= 0.6 is 0 Å². The monoisotopic (exact) mass is 318 g/mol. The highest BCUT2D eigenvalue weighted by Gasteiger charge is 2.09. The molecule has 3 nitrogen and oxygen atoms in total. The van der Waals surface area contributed by atoms with Crippen molar-refractivity contribution < 1.29 is 13.6 Å². The number of halogens is 2. The van der Waals surface area contributed by atoms with E-state index in [1.165, 1.54) is 18.2 Å². The second-order valence-corrected chi connectivity index (χ2v) is 5.49. The Morgan fingerprint density at radius 1 is 1.09 bits per heavy atom. The van der Waals surface area contributed by atoms with Crippen LogP contribution in [0.25, 0.3) is 0 Å². The maximum absolute atomic E-state index is 13.6. The van der Waals surface area contributed by atoms with Crippen LogP contribution in [0.4, 0.5) is 8.78 Å². The zero-order chi connectivity index (χ0) is 16.7. The molecule has 122 valence electrons. The SMILES string of the molecule is CN(CC(=O)NCCc1ccc(F)cc1)Cc1ccccc1F. The zero-order valence-corrected chi connectivity index (χ0v) is 13.1. The summed E-state index contributed by atoms with van der Waals surface area (Å²) in [5.41, 5.74) is 1.53. The normalized spacial score (nSPS) is 10.8. The average molecular weight is 318 g/mol. The predicted molar refractivity (Wildman–Crippen MR) is 85.8 cm³/mol. The van der Waals surface area contributed by atoms with Crippen molar-refractivity contribution in [3.63, 3.8) is 0 Å². The van der Waals surface area contributed by atoms with Crippen LogP contribution in [0, 0.1) is 11.6 Å². The molecule has 0 saturated heterocycles. The van der Waals surface area contributed by atoms with Gasteiger partial charge in [0.2, 0.25) is 5.91 Å². The zero-order valence-electron chi connectivity index (χ0n) is 13.1. The van der Waals surface area contributed by atoms with E-state index in [-0.39, 0.29) is 24.1 Å². The number of likely N-dealkylation sites (N-methyl/N-ethyl adjacent to an activating group) is 1. The maximum atomic E-state index is 13.6. The largest absolute Gasteiger partial charge is 0.355 e. The van der Waals surface area contributed by atoms with Gasteiger partial charge in [-0.3, -0.25) is 9.69 Å². The summed E-state index contributed by atoms with van der Waals surface area (Å²) in [6.45, 7) is 1.05. The number of carbonyl (C=O) groups is 1. The van der Waals surface area contributed by atoms with Crippen molar-refractivity contribution in [2.75, 3.05) is 20.1 Å². The van der Waals surface area contributed by atoms with Crippen LogP contribution in [0.1, 0.15) is 11.1 Å². The minimum atomic E-state index is -0.271. The molecule has 0 aliphatic rings. The number of rotatable bonds is 7. The molecule has 2 aromatic rings. The van der Waals surface area contributed by atoms with E-state index in [2.05, 4.69) is 5.32 Å². The Morgan fingerprint density at radius 2 is 1.78 bits per heavy atom. The Morgan fingerprint density at radius 3 is 2.48 bits per heavy atom. The molecule has 0 heterocycles. The molecule has 0 radical (unpaired) electrons. The van der Waals surface area contributed by atoms with Crippen molar-refractivity contribution in [3.05, 3.63) is 71.3 Å². The summed E-state index contributed by atoms with van der Waals surface area (Å²) in [5.74, 6) is -0.658. The first-order valence-electron chi connectivity index (χ1n) is 7.47. The average Bonchev–Trinajstić information content (AvgIpc) is 2.51. The molecule has 1 N–H and O–H groups in total. The third-order valence-corrected chi connectivity index (χ3v) is 3.46. The Kier molecular flexibility index (Phi) is 6.23. The van der Waals surface area contributed by atoms with E-state index in [1.807, 2.05) is 0 Å². The first-order valence-corrected chi connectivity index (χ1v) is 7.47. The summed E-state index contributed by atoms with van der Waals surface area (Å²) in [6, 6.07) is 12.7. The van der Waals surface area contributed by atoms with Crippen LogP contribution in [0.5, 0.6) is 0 Å². The minimum Gasteiger partial charge on any atom is -0.355 e.